The van der Waals surface area contributed by atoms with Gasteiger partial charge >= 0.3 is 0 Å². The minimum atomic E-state index is -0.862. The molecule has 0 N–H and O–H groups in total. The van der Waals surface area contributed by atoms with Gasteiger partial charge in [0, 0.05) is 26.2 Å². The van der Waals surface area contributed by atoms with E-state index < -0.39 is 10.5 Å². The van der Waals surface area contributed by atoms with Gasteiger partial charge in [0.05, 0.1) is 5.41 Å². The van der Waals surface area contributed by atoms with E-state index >= 15 is 0 Å². The molecule has 0 bridgehead atoms. The van der Waals surface area contributed by atoms with Crippen LogP contribution in [0.2, 0.25) is 0 Å². The molecular weight excluding hydrogens is 262 g/mol. The van der Waals surface area contributed by atoms with E-state index in [2.05, 4.69) is 16.7 Å². The van der Waals surface area contributed by atoms with E-state index in [1.54, 1.807) is 18.7 Å². The minimum absolute atomic E-state index is 0.0745. The molecule has 1 aliphatic heterocycles. The predicted molar refractivity (Wildman–Crippen MR) is 74.7 cm³/mol. The molecule has 0 aliphatic carbocycles. The number of carbonyl (C=O) groups excluding carboxylic acids is 1. The van der Waals surface area contributed by atoms with Crippen molar-refractivity contribution in [2.24, 2.45) is 5.41 Å². The second-order valence-electron chi connectivity index (χ2n) is 5.87. The Hall–Kier alpha value is -1.37. The Labute approximate surface area is 120 Å². The summed E-state index contributed by atoms with van der Waals surface area (Å²) in [5, 5.41) is 9.39. The van der Waals surface area contributed by atoms with Gasteiger partial charge in [-0.15, -0.1) is 10.1 Å². The molecule has 116 valence electrons. The first-order chi connectivity index (χ1) is 9.36. The molecule has 7 nitrogen and oxygen atoms in total. The molecule has 0 spiro atoms. The number of rotatable bonds is 7. The average molecular weight is 287 g/mol. The van der Waals surface area contributed by atoms with Gasteiger partial charge in [0.25, 0.3) is 5.09 Å². The quantitative estimate of drug-likeness (QED) is 0.519. The van der Waals surface area contributed by atoms with Gasteiger partial charge in [-0.1, -0.05) is 13.3 Å². The van der Waals surface area contributed by atoms with E-state index in [1.807, 2.05) is 0 Å². The molecule has 0 radical (unpaired) electrons. The molecule has 0 unspecified atom stereocenters. The lowest BCUT2D eigenvalue weighted by molar-refractivity contribution is -0.760. The first-order valence-corrected chi connectivity index (χ1v) is 7.16. The Morgan fingerprint density at radius 3 is 2.40 bits per heavy atom. The maximum absolute atomic E-state index is 12.4. The molecular formula is C13H25N3O4. The van der Waals surface area contributed by atoms with Crippen molar-refractivity contribution in [1.82, 2.24) is 9.80 Å². The number of unbranched alkanes of at least 4 members (excludes halogenated alkanes) is 1. The third-order valence-electron chi connectivity index (χ3n) is 3.60. The Balaban J connectivity index is 2.43. The zero-order valence-corrected chi connectivity index (χ0v) is 12.6. The summed E-state index contributed by atoms with van der Waals surface area (Å²) in [6.07, 6.45) is 2.35. The predicted octanol–water partition coefficient (Wildman–Crippen LogP) is 1.17. The molecule has 7 heteroatoms. The first-order valence-electron chi connectivity index (χ1n) is 7.16. The molecule has 0 saturated carbocycles. The average Bonchev–Trinajstić information content (AvgIpc) is 2.43. The van der Waals surface area contributed by atoms with Crippen LogP contribution in [-0.4, -0.2) is 60.1 Å². The second kappa shape index (κ2) is 7.42. The highest BCUT2D eigenvalue weighted by atomic mass is 16.9. The highest BCUT2D eigenvalue weighted by Gasteiger charge is 2.34. The number of carbonyl (C=O) groups is 1. The standard InChI is InChI=1S/C13H25N3O4/c1-4-5-6-14-7-9-15(10-8-14)12(17)13(2,3)11-20-16(18)19/h4-11H2,1-3H3. The second-order valence-corrected chi connectivity index (χ2v) is 5.87. The van der Waals surface area contributed by atoms with Crippen LogP contribution in [0.25, 0.3) is 0 Å². The molecule has 20 heavy (non-hydrogen) atoms. The summed E-state index contributed by atoms with van der Waals surface area (Å²) in [5.74, 6) is -0.0745. The van der Waals surface area contributed by atoms with Crippen molar-refractivity contribution < 1.29 is 14.7 Å². The van der Waals surface area contributed by atoms with Crippen LogP contribution in [0.15, 0.2) is 0 Å². The van der Waals surface area contributed by atoms with Gasteiger partial charge in [0.1, 0.15) is 6.61 Å². The number of hydrogen-bond acceptors (Lipinski definition) is 5. The van der Waals surface area contributed by atoms with Gasteiger partial charge < -0.3 is 9.74 Å². The van der Waals surface area contributed by atoms with Crippen LogP contribution in [0.3, 0.4) is 0 Å². The fraction of sp³-hybridized carbons (Fsp3) is 0.923. The van der Waals surface area contributed by atoms with E-state index in [-0.39, 0.29) is 12.5 Å². The van der Waals surface area contributed by atoms with E-state index in [0.717, 1.165) is 19.6 Å². The topological polar surface area (TPSA) is 75.9 Å². The first kappa shape index (κ1) is 16.7. The van der Waals surface area contributed by atoms with Crippen LogP contribution in [0.1, 0.15) is 33.6 Å². The number of hydrogen-bond donors (Lipinski definition) is 0. The molecule has 0 aromatic rings. The van der Waals surface area contributed by atoms with Crippen molar-refractivity contribution in [2.45, 2.75) is 33.6 Å². The van der Waals surface area contributed by atoms with Gasteiger partial charge in [-0.25, -0.2) is 0 Å². The third-order valence-corrected chi connectivity index (χ3v) is 3.60. The largest absolute Gasteiger partial charge is 0.340 e. The van der Waals surface area contributed by atoms with Crippen LogP contribution in [0.5, 0.6) is 0 Å². The minimum Gasteiger partial charge on any atom is -0.340 e. The summed E-state index contributed by atoms with van der Waals surface area (Å²) in [4.78, 5) is 31.1. The summed E-state index contributed by atoms with van der Waals surface area (Å²) in [5.41, 5.74) is -0.862. The highest BCUT2D eigenvalue weighted by molar-refractivity contribution is 5.82. The van der Waals surface area contributed by atoms with Crippen molar-refractivity contribution in [1.29, 1.82) is 0 Å². The van der Waals surface area contributed by atoms with Crippen LogP contribution in [0.4, 0.5) is 0 Å². The molecule has 1 aliphatic rings. The van der Waals surface area contributed by atoms with Crippen LogP contribution in [-0.2, 0) is 9.63 Å². The molecule has 1 amide bonds. The lowest BCUT2D eigenvalue weighted by Crippen LogP contribution is -2.53. The van der Waals surface area contributed by atoms with Gasteiger partial charge in [0.15, 0.2) is 0 Å². The van der Waals surface area contributed by atoms with E-state index in [4.69, 9.17) is 0 Å². The van der Waals surface area contributed by atoms with Gasteiger partial charge in [-0.05, 0) is 26.8 Å². The monoisotopic (exact) mass is 287 g/mol. The molecule has 1 rings (SSSR count). The van der Waals surface area contributed by atoms with Crippen LogP contribution < -0.4 is 0 Å². The SMILES string of the molecule is CCCCN1CCN(C(=O)C(C)(C)CO[N+](=O)[O-])CC1. The zero-order valence-electron chi connectivity index (χ0n) is 12.6. The Morgan fingerprint density at radius 1 is 1.30 bits per heavy atom. The van der Waals surface area contributed by atoms with E-state index in [0.29, 0.717) is 13.1 Å². The Bertz CT molecular complexity index is 339. The summed E-state index contributed by atoms with van der Waals surface area (Å²) < 4.78 is 0. The highest BCUT2D eigenvalue weighted by Crippen LogP contribution is 2.20. The summed E-state index contributed by atoms with van der Waals surface area (Å²) in [6, 6.07) is 0. The number of piperazine rings is 1. The summed E-state index contributed by atoms with van der Waals surface area (Å²) in [7, 11) is 0. The lowest BCUT2D eigenvalue weighted by atomic mass is 9.92. The van der Waals surface area contributed by atoms with Crippen molar-refractivity contribution in [3.63, 3.8) is 0 Å². The normalized spacial score (nSPS) is 17.1. The molecule has 0 aromatic heterocycles. The van der Waals surface area contributed by atoms with E-state index in [9.17, 15) is 14.9 Å². The Kier molecular flexibility index (Phi) is 6.19. The van der Waals surface area contributed by atoms with Gasteiger partial charge in [-0.3, -0.25) is 9.69 Å². The van der Waals surface area contributed by atoms with Gasteiger partial charge in [-0.2, -0.15) is 0 Å². The van der Waals surface area contributed by atoms with Crippen molar-refractivity contribution in [3.05, 3.63) is 10.1 Å². The Morgan fingerprint density at radius 2 is 1.90 bits per heavy atom. The molecule has 1 saturated heterocycles. The zero-order chi connectivity index (χ0) is 15.2. The fourth-order valence-electron chi connectivity index (χ4n) is 2.26. The number of nitrogens with zero attached hydrogens (tertiary/aromatic N) is 3. The van der Waals surface area contributed by atoms with Crippen molar-refractivity contribution in [3.8, 4) is 0 Å². The summed E-state index contributed by atoms with van der Waals surface area (Å²) in [6.45, 7) is 9.52. The third kappa shape index (κ3) is 4.96. The van der Waals surface area contributed by atoms with Crippen LogP contribution >= 0.6 is 0 Å². The maximum Gasteiger partial charge on any atom is 0.294 e. The molecule has 1 fully saturated rings. The van der Waals surface area contributed by atoms with Gasteiger partial charge in [0.2, 0.25) is 5.91 Å². The number of amides is 1. The maximum atomic E-state index is 12.4. The molecule has 1 heterocycles. The smallest absolute Gasteiger partial charge is 0.294 e. The lowest BCUT2D eigenvalue weighted by Gasteiger charge is -2.38. The van der Waals surface area contributed by atoms with Crippen molar-refractivity contribution >= 4 is 5.91 Å². The van der Waals surface area contributed by atoms with E-state index in [1.165, 1.54) is 12.8 Å². The summed E-state index contributed by atoms with van der Waals surface area (Å²) >= 11 is 0. The molecule has 0 atom stereocenters. The van der Waals surface area contributed by atoms with Crippen LogP contribution in [0, 0.1) is 15.5 Å². The fourth-order valence-corrected chi connectivity index (χ4v) is 2.26. The molecule has 0 aromatic carbocycles. The van der Waals surface area contributed by atoms with Crippen molar-refractivity contribution in [2.75, 3.05) is 39.3 Å².